The van der Waals surface area contributed by atoms with E-state index in [9.17, 15) is 4.79 Å². The number of carbonyl (C=O) groups is 1. The Morgan fingerprint density at radius 1 is 1.47 bits per heavy atom. The molecule has 82 valence electrons. The van der Waals surface area contributed by atoms with Crippen LogP contribution in [0.1, 0.15) is 13.8 Å². The average Bonchev–Trinajstić information content (AvgIpc) is 2.26. The highest BCUT2D eigenvalue weighted by atomic mass is 16.5. The number of aromatic nitrogens is 2. The van der Waals surface area contributed by atoms with Crippen LogP contribution in [0.25, 0.3) is 0 Å². The van der Waals surface area contributed by atoms with Gasteiger partial charge in [0.05, 0.1) is 13.3 Å². The first-order valence-corrected chi connectivity index (χ1v) is 4.75. The molecule has 0 aliphatic carbocycles. The van der Waals surface area contributed by atoms with E-state index in [0.29, 0.717) is 5.82 Å². The van der Waals surface area contributed by atoms with Crippen molar-refractivity contribution in [3.05, 3.63) is 18.6 Å². The largest absolute Gasteiger partial charge is 0.467 e. The second-order valence-electron chi connectivity index (χ2n) is 3.48. The molecule has 0 fully saturated rings. The van der Waals surface area contributed by atoms with E-state index in [1.807, 2.05) is 13.8 Å². The number of hydrogen-bond acceptors (Lipinski definition) is 5. The van der Waals surface area contributed by atoms with Crippen LogP contribution in [0.4, 0.5) is 5.82 Å². The van der Waals surface area contributed by atoms with Crippen molar-refractivity contribution in [2.24, 2.45) is 5.92 Å². The van der Waals surface area contributed by atoms with Gasteiger partial charge in [-0.1, -0.05) is 13.8 Å². The number of nitrogens with one attached hydrogen (secondary N) is 1. The summed E-state index contributed by atoms with van der Waals surface area (Å²) in [6.07, 6.45) is 4.71. The molecule has 0 bridgehead atoms. The fraction of sp³-hybridized carbons (Fsp3) is 0.500. The summed E-state index contributed by atoms with van der Waals surface area (Å²) in [5.74, 6) is 0.400. The molecule has 1 aromatic heterocycles. The number of hydrogen-bond donors (Lipinski definition) is 1. The van der Waals surface area contributed by atoms with E-state index in [4.69, 9.17) is 4.74 Å². The molecule has 1 atom stereocenters. The van der Waals surface area contributed by atoms with Gasteiger partial charge in [0.2, 0.25) is 0 Å². The molecule has 0 spiro atoms. The van der Waals surface area contributed by atoms with E-state index in [2.05, 4.69) is 15.3 Å². The van der Waals surface area contributed by atoms with Crippen LogP contribution in [-0.2, 0) is 9.53 Å². The SMILES string of the molecule is COC(=O)C(Nc1cnccn1)C(C)C. The third-order valence-electron chi connectivity index (χ3n) is 1.99. The molecule has 5 heteroatoms. The highest BCUT2D eigenvalue weighted by Gasteiger charge is 2.22. The summed E-state index contributed by atoms with van der Waals surface area (Å²) in [7, 11) is 1.37. The molecular weight excluding hydrogens is 194 g/mol. The van der Waals surface area contributed by atoms with Crippen molar-refractivity contribution in [3.8, 4) is 0 Å². The highest BCUT2D eigenvalue weighted by molar-refractivity contribution is 5.79. The normalized spacial score (nSPS) is 12.3. The van der Waals surface area contributed by atoms with Crippen LogP contribution in [0.3, 0.4) is 0 Å². The van der Waals surface area contributed by atoms with Gasteiger partial charge in [-0.05, 0) is 5.92 Å². The molecule has 1 N–H and O–H groups in total. The first-order chi connectivity index (χ1) is 7.15. The number of ether oxygens (including phenoxy) is 1. The number of esters is 1. The Balaban J connectivity index is 2.72. The van der Waals surface area contributed by atoms with Crippen LogP contribution in [-0.4, -0.2) is 29.1 Å². The molecule has 1 heterocycles. The minimum atomic E-state index is -0.397. The summed E-state index contributed by atoms with van der Waals surface area (Å²) in [6.45, 7) is 3.87. The second-order valence-corrected chi connectivity index (χ2v) is 3.48. The van der Waals surface area contributed by atoms with Crippen molar-refractivity contribution >= 4 is 11.8 Å². The Morgan fingerprint density at radius 3 is 2.67 bits per heavy atom. The van der Waals surface area contributed by atoms with Crippen LogP contribution in [0.5, 0.6) is 0 Å². The van der Waals surface area contributed by atoms with Crippen molar-refractivity contribution in [1.82, 2.24) is 9.97 Å². The van der Waals surface area contributed by atoms with Crippen LogP contribution < -0.4 is 5.32 Å². The zero-order valence-corrected chi connectivity index (χ0v) is 9.10. The zero-order valence-electron chi connectivity index (χ0n) is 9.10. The van der Waals surface area contributed by atoms with E-state index in [-0.39, 0.29) is 11.9 Å². The molecule has 0 saturated carbocycles. The van der Waals surface area contributed by atoms with Gasteiger partial charge >= 0.3 is 5.97 Å². The van der Waals surface area contributed by atoms with Crippen LogP contribution in [0.15, 0.2) is 18.6 Å². The molecule has 1 unspecified atom stereocenters. The number of methoxy groups -OCH3 is 1. The summed E-state index contributed by atoms with van der Waals surface area (Å²) in [5, 5.41) is 2.98. The highest BCUT2D eigenvalue weighted by Crippen LogP contribution is 2.10. The number of carbonyl (C=O) groups excluding carboxylic acids is 1. The van der Waals surface area contributed by atoms with E-state index < -0.39 is 6.04 Å². The fourth-order valence-corrected chi connectivity index (χ4v) is 1.16. The Bertz CT molecular complexity index is 314. The quantitative estimate of drug-likeness (QED) is 0.752. The topological polar surface area (TPSA) is 64.1 Å². The van der Waals surface area contributed by atoms with Gasteiger partial charge in [0.1, 0.15) is 11.9 Å². The molecule has 0 aliphatic rings. The summed E-state index contributed by atoms with van der Waals surface area (Å²) in [4.78, 5) is 19.4. The molecule has 0 aliphatic heterocycles. The van der Waals surface area contributed by atoms with Gasteiger partial charge in [-0.25, -0.2) is 9.78 Å². The Hall–Kier alpha value is -1.65. The molecule has 1 rings (SSSR count). The van der Waals surface area contributed by atoms with Gasteiger partial charge in [0.15, 0.2) is 0 Å². The smallest absolute Gasteiger partial charge is 0.328 e. The third-order valence-corrected chi connectivity index (χ3v) is 1.99. The number of rotatable bonds is 4. The van der Waals surface area contributed by atoms with Gasteiger partial charge < -0.3 is 10.1 Å². The van der Waals surface area contributed by atoms with Crippen molar-refractivity contribution in [1.29, 1.82) is 0 Å². The minimum Gasteiger partial charge on any atom is -0.467 e. The first kappa shape index (κ1) is 11.4. The molecule has 0 aromatic carbocycles. The van der Waals surface area contributed by atoms with Crippen molar-refractivity contribution in [2.45, 2.75) is 19.9 Å². The summed E-state index contributed by atoms with van der Waals surface area (Å²) in [6, 6.07) is -0.397. The van der Waals surface area contributed by atoms with Gasteiger partial charge in [-0.2, -0.15) is 0 Å². The maximum absolute atomic E-state index is 11.4. The van der Waals surface area contributed by atoms with E-state index in [0.717, 1.165) is 0 Å². The van der Waals surface area contributed by atoms with Crippen LogP contribution in [0.2, 0.25) is 0 Å². The standard InChI is InChI=1S/C10H15N3O2/c1-7(2)9(10(14)15-3)13-8-6-11-4-5-12-8/h4-7,9H,1-3H3,(H,12,13). The maximum atomic E-state index is 11.4. The predicted molar refractivity (Wildman–Crippen MR) is 56.3 cm³/mol. The average molecular weight is 209 g/mol. The van der Waals surface area contributed by atoms with Gasteiger partial charge in [0, 0.05) is 12.4 Å². The molecular formula is C10H15N3O2. The lowest BCUT2D eigenvalue weighted by Gasteiger charge is -2.19. The lowest BCUT2D eigenvalue weighted by atomic mass is 10.1. The van der Waals surface area contributed by atoms with Gasteiger partial charge in [0.25, 0.3) is 0 Å². The Labute approximate surface area is 88.9 Å². The monoisotopic (exact) mass is 209 g/mol. The zero-order chi connectivity index (χ0) is 11.3. The molecule has 15 heavy (non-hydrogen) atoms. The van der Waals surface area contributed by atoms with Crippen molar-refractivity contribution in [2.75, 3.05) is 12.4 Å². The molecule has 0 amide bonds. The molecule has 5 nitrogen and oxygen atoms in total. The third kappa shape index (κ3) is 3.19. The molecule has 0 radical (unpaired) electrons. The first-order valence-electron chi connectivity index (χ1n) is 4.75. The Morgan fingerprint density at radius 2 is 2.20 bits per heavy atom. The maximum Gasteiger partial charge on any atom is 0.328 e. The van der Waals surface area contributed by atoms with Gasteiger partial charge in [-0.15, -0.1) is 0 Å². The van der Waals surface area contributed by atoms with E-state index in [1.54, 1.807) is 18.6 Å². The van der Waals surface area contributed by atoms with Crippen molar-refractivity contribution < 1.29 is 9.53 Å². The van der Waals surface area contributed by atoms with E-state index in [1.165, 1.54) is 7.11 Å². The second kappa shape index (κ2) is 5.29. The summed E-state index contributed by atoms with van der Waals surface area (Å²) >= 11 is 0. The molecule has 0 saturated heterocycles. The minimum absolute atomic E-state index is 0.124. The van der Waals surface area contributed by atoms with Gasteiger partial charge in [-0.3, -0.25) is 4.98 Å². The molecule has 1 aromatic rings. The predicted octanol–water partition coefficient (Wildman–Crippen LogP) is 1.09. The lowest BCUT2D eigenvalue weighted by Crippen LogP contribution is -2.35. The summed E-state index contributed by atoms with van der Waals surface area (Å²) < 4.78 is 4.70. The fourth-order valence-electron chi connectivity index (χ4n) is 1.16. The Kier molecular flexibility index (Phi) is 4.03. The van der Waals surface area contributed by atoms with Crippen molar-refractivity contribution in [3.63, 3.8) is 0 Å². The van der Waals surface area contributed by atoms with Crippen LogP contribution >= 0.6 is 0 Å². The number of nitrogens with zero attached hydrogens (tertiary/aromatic N) is 2. The van der Waals surface area contributed by atoms with Crippen LogP contribution in [0, 0.1) is 5.92 Å². The lowest BCUT2D eigenvalue weighted by molar-refractivity contribution is -0.142. The number of anilines is 1. The summed E-state index contributed by atoms with van der Waals surface area (Å²) in [5.41, 5.74) is 0. The van der Waals surface area contributed by atoms with E-state index >= 15 is 0 Å².